The van der Waals surface area contributed by atoms with Crippen LogP contribution in [-0.4, -0.2) is 20.6 Å². The maximum Gasteiger partial charge on any atom is 0.291 e. The van der Waals surface area contributed by atoms with Gasteiger partial charge in [0, 0.05) is 10.6 Å². The van der Waals surface area contributed by atoms with E-state index in [0.29, 0.717) is 5.69 Å². The predicted molar refractivity (Wildman–Crippen MR) is 102 cm³/mol. The van der Waals surface area contributed by atoms with Crippen molar-refractivity contribution in [1.29, 1.82) is 0 Å². The molecular weight excluding hydrogens is 370 g/mol. The van der Waals surface area contributed by atoms with Gasteiger partial charge in [-0.1, -0.05) is 24.3 Å². The number of rotatable bonds is 6. The maximum atomic E-state index is 12.4. The van der Waals surface area contributed by atoms with E-state index in [4.69, 9.17) is 4.42 Å². The molecule has 0 unspecified atom stereocenters. The fourth-order valence-corrected chi connectivity index (χ4v) is 4.10. The van der Waals surface area contributed by atoms with Gasteiger partial charge in [0.1, 0.15) is 11.5 Å². The second kappa shape index (κ2) is 7.80. The molecular formula is C19H17NO4S2. The molecule has 1 aromatic heterocycles. The summed E-state index contributed by atoms with van der Waals surface area (Å²) >= 11 is 1.57. The Kier molecular flexibility index (Phi) is 5.49. The summed E-state index contributed by atoms with van der Waals surface area (Å²) in [6.45, 7) is 0. The summed E-state index contributed by atoms with van der Waals surface area (Å²) in [7, 11) is -3.52. The number of nitrogens with one attached hydrogen (secondary N) is 1. The van der Waals surface area contributed by atoms with Crippen LogP contribution in [0.25, 0.3) is 0 Å². The molecule has 0 aliphatic carbocycles. The number of amides is 1. The van der Waals surface area contributed by atoms with Gasteiger partial charge in [0.05, 0.1) is 4.90 Å². The summed E-state index contributed by atoms with van der Waals surface area (Å²) in [5, 5.41) is 2.75. The van der Waals surface area contributed by atoms with Crippen LogP contribution in [0, 0.1) is 0 Å². The zero-order valence-electron chi connectivity index (χ0n) is 14.0. The molecule has 2 aromatic carbocycles. The van der Waals surface area contributed by atoms with E-state index in [1.807, 2.05) is 24.5 Å². The van der Waals surface area contributed by atoms with Gasteiger partial charge in [-0.05, 0) is 48.7 Å². The smallest absolute Gasteiger partial charge is 0.291 e. The minimum atomic E-state index is -3.52. The first-order chi connectivity index (χ1) is 12.5. The number of sulfone groups is 1. The average Bonchev–Trinajstić information content (AvgIpc) is 3.10. The minimum absolute atomic E-state index is 0.0674. The van der Waals surface area contributed by atoms with Gasteiger partial charge in [0.2, 0.25) is 0 Å². The standard InChI is InChI=1S/C19H17NO4S2/c1-25-16-7-5-6-14(12-16)20-19(21)18-11-10-15(24-18)13-26(22,23)17-8-3-2-4-9-17/h2-12H,13H2,1H3,(H,20,21). The highest BCUT2D eigenvalue weighted by molar-refractivity contribution is 7.98. The number of anilines is 1. The quantitative estimate of drug-likeness (QED) is 0.641. The molecule has 0 bridgehead atoms. The number of carbonyl (C=O) groups excluding carboxylic acids is 1. The van der Waals surface area contributed by atoms with Crippen LogP contribution >= 0.6 is 11.8 Å². The summed E-state index contributed by atoms with van der Waals surface area (Å²) < 4.78 is 30.2. The van der Waals surface area contributed by atoms with Crippen LogP contribution in [0.5, 0.6) is 0 Å². The zero-order chi connectivity index (χ0) is 18.6. The van der Waals surface area contributed by atoms with Crippen LogP contribution in [-0.2, 0) is 15.6 Å². The van der Waals surface area contributed by atoms with Gasteiger partial charge in [-0.15, -0.1) is 11.8 Å². The first-order valence-corrected chi connectivity index (χ1v) is 10.7. The van der Waals surface area contributed by atoms with Crippen molar-refractivity contribution >= 4 is 33.2 Å². The van der Waals surface area contributed by atoms with Crippen LogP contribution in [0.15, 0.2) is 80.9 Å². The first-order valence-electron chi connectivity index (χ1n) is 7.80. The van der Waals surface area contributed by atoms with Crippen molar-refractivity contribution in [3.05, 3.63) is 78.3 Å². The normalized spacial score (nSPS) is 11.3. The van der Waals surface area contributed by atoms with Gasteiger partial charge in [-0.2, -0.15) is 0 Å². The molecule has 1 amide bonds. The van der Waals surface area contributed by atoms with Gasteiger partial charge < -0.3 is 9.73 Å². The minimum Gasteiger partial charge on any atom is -0.455 e. The fraction of sp³-hybridized carbons (Fsp3) is 0.105. The Morgan fingerprint density at radius 1 is 1.04 bits per heavy atom. The van der Waals surface area contributed by atoms with E-state index in [1.54, 1.807) is 36.0 Å². The molecule has 1 N–H and O–H groups in total. The lowest BCUT2D eigenvalue weighted by Gasteiger charge is -2.05. The van der Waals surface area contributed by atoms with E-state index in [9.17, 15) is 13.2 Å². The van der Waals surface area contributed by atoms with Gasteiger partial charge in [-0.25, -0.2) is 8.42 Å². The fourth-order valence-electron chi connectivity index (χ4n) is 2.37. The van der Waals surface area contributed by atoms with Gasteiger partial charge in [0.25, 0.3) is 5.91 Å². The van der Waals surface area contributed by atoms with Crippen molar-refractivity contribution in [1.82, 2.24) is 0 Å². The maximum absolute atomic E-state index is 12.4. The van der Waals surface area contributed by atoms with Crippen molar-refractivity contribution < 1.29 is 17.6 Å². The third-order valence-electron chi connectivity index (χ3n) is 3.65. The van der Waals surface area contributed by atoms with Crippen molar-refractivity contribution in [2.45, 2.75) is 15.5 Å². The number of benzene rings is 2. The molecule has 0 fully saturated rings. The summed E-state index contributed by atoms with van der Waals surface area (Å²) in [6.07, 6.45) is 1.95. The van der Waals surface area contributed by atoms with Crippen molar-refractivity contribution in [3.8, 4) is 0 Å². The molecule has 5 nitrogen and oxygen atoms in total. The highest BCUT2D eigenvalue weighted by Crippen LogP contribution is 2.21. The third kappa shape index (κ3) is 4.36. The second-order valence-corrected chi connectivity index (χ2v) is 8.39. The number of hydrogen-bond donors (Lipinski definition) is 1. The Balaban J connectivity index is 1.72. The second-order valence-electron chi connectivity index (χ2n) is 5.52. The van der Waals surface area contributed by atoms with Crippen molar-refractivity contribution in [3.63, 3.8) is 0 Å². The molecule has 1 heterocycles. The van der Waals surface area contributed by atoms with E-state index in [-0.39, 0.29) is 22.2 Å². The van der Waals surface area contributed by atoms with Crippen LogP contribution in [0.4, 0.5) is 5.69 Å². The predicted octanol–water partition coefficient (Wildman–Crippen LogP) is 4.23. The average molecular weight is 387 g/mol. The molecule has 7 heteroatoms. The number of carbonyl (C=O) groups is 1. The molecule has 26 heavy (non-hydrogen) atoms. The Hall–Kier alpha value is -2.51. The summed E-state index contributed by atoms with van der Waals surface area (Å²) in [6, 6.07) is 18.6. The molecule has 0 radical (unpaired) electrons. The monoisotopic (exact) mass is 387 g/mol. The van der Waals surface area contributed by atoms with Gasteiger partial charge in [0.15, 0.2) is 15.6 Å². The highest BCUT2D eigenvalue weighted by Gasteiger charge is 2.19. The number of thioether (sulfide) groups is 1. The molecule has 0 aliphatic rings. The van der Waals surface area contributed by atoms with E-state index < -0.39 is 15.7 Å². The van der Waals surface area contributed by atoms with Gasteiger partial charge >= 0.3 is 0 Å². The summed E-state index contributed by atoms with van der Waals surface area (Å²) in [4.78, 5) is 13.5. The van der Waals surface area contributed by atoms with Crippen LogP contribution in [0.3, 0.4) is 0 Å². The summed E-state index contributed by atoms with van der Waals surface area (Å²) in [5.74, 6) is -0.437. The largest absolute Gasteiger partial charge is 0.455 e. The lowest BCUT2D eigenvalue weighted by molar-refractivity contribution is 0.0995. The van der Waals surface area contributed by atoms with Crippen molar-refractivity contribution in [2.24, 2.45) is 0 Å². The highest BCUT2D eigenvalue weighted by atomic mass is 32.2. The molecule has 0 spiro atoms. The summed E-state index contributed by atoms with van der Waals surface area (Å²) in [5.41, 5.74) is 0.650. The lowest BCUT2D eigenvalue weighted by Crippen LogP contribution is -2.11. The molecule has 134 valence electrons. The van der Waals surface area contributed by atoms with Crippen LogP contribution in [0.1, 0.15) is 16.3 Å². The number of furan rings is 1. The molecule has 0 atom stereocenters. The Morgan fingerprint density at radius 2 is 1.81 bits per heavy atom. The molecule has 0 aliphatic heterocycles. The molecule has 3 rings (SSSR count). The van der Waals surface area contributed by atoms with Crippen molar-refractivity contribution in [2.75, 3.05) is 11.6 Å². The van der Waals surface area contributed by atoms with E-state index in [0.717, 1.165) is 4.90 Å². The topological polar surface area (TPSA) is 76.4 Å². The molecule has 0 saturated carbocycles. The Morgan fingerprint density at radius 3 is 2.54 bits per heavy atom. The van der Waals surface area contributed by atoms with Crippen LogP contribution < -0.4 is 5.32 Å². The van der Waals surface area contributed by atoms with E-state index in [2.05, 4.69) is 5.32 Å². The zero-order valence-corrected chi connectivity index (χ0v) is 15.6. The third-order valence-corrected chi connectivity index (χ3v) is 6.03. The van der Waals surface area contributed by atoms with E-state index in [1.165, 1.54) is 24.3 Å². The first kappa shape index (κ1) is 18.3. The Bertz CT molecular complexity index is 1010. The molecule has 3 aromatic rings. The lowest BCUT2D eigenvalue weighted by atomic mass is 10.3. The van der Waals surface area contributed by atoms with Gasteiger partial charge in [-0.3, -0.25) is 4.79 Å². The molecule has 0 saturated heterocycles. The van der Waals surface area contributed by atoms with Crippen LogP contribution in [0.2, 0.25) is 0 Å². The Labute approximate surface area is 156 Å². The SMILES string of the molecule is CSc1cccc(NC(=O)c2ccc(CS(=O)(=O)c3ccccc3)o2)c1. The van der Waals surface area contributed by atoms with E-state index >= 15 is 0 Å². The number of hydrogen-bond acceptors (Lipinski definition) is 5.